The van der Waals surface area contributed by atoms with Crippen molar-refractivity contribution >= 4 is 11.6 Å². The predicted octanol–water partition coefficient (Wildman–Crippen LogP) is 2.96. The molecule has 0 aliphatic carbocycles. The van der Waals surface area contributed by atoms with Crippen molar-refractivity contribution in [1.82, 2.24) is 0 Å². The molecule has 5 heteroatoms. The molecular weight excluding hydrogens is 259 g/mol. The van der Waals surface area contributed by atoms with E-state index in [1.807, 2.05) is 6.07 Å². The van der Waals surface area contributed by atoms with Gasteiger partial charge in [0, 0.05) is 11.8 Å². The highest BCUT2D eigenvalue weighted by atomic mass is 19.1. The van der Waals surface area contributed by atoms with Crippen LogP contribution in [-0.4, -0.2) is 13.0 Å². The Bertz CT molecular complexity index is 675. The van der Waals surface area contributed by atoms with Crippen molar-refractivity contribution in [2.45, 2.75) is 0 Å². The first-order valence-electron chi connectivity index (χ1n) is 5.79. The highest BCUT2D eigenvalue weighted by Gasteiger charge is 2.12. The number of rotatable bonds is 3. The number of hydrogen-bond donors (Lipinski definition) is 1. The van der Waals surface area contributed by atoms with Crippen molar-refractivity contribution in [3.63, 3.8) is 0 Å². The lowest BCUT2D eigenvalue weighted by Gasteiger charge is -2.07. The maximum Gasteiger partial charge on any atom is 0.258 e. The van der Waals surface area contributed by atoms with Crippen LogP contribution < -0.4 is 10.1 Å². The molecule has 0 saturated carbocycles. The molecule has 2 rings (SSSR count). The van der Waals surface area contributed by atoms with E-state index in [9.17, 15) is 9.18 Å². The summed E-state index contributed by atoms with van der Waals surface area (Å²) in [6.07, 6.45) is 0. The average Bonchev–Trinajstić information content (AvgIpc) is 2.47. The van der Waals surface area contributed by atoms with Crippen LogP contribution in [0.2, 0.25) is 0 Å². The average molecular weight is 270 g/mol. The molecule has 1 N–H and O–H groups in total. The van der Waals surface area contributed by atoms with Crippen molar-refractivity contribution in [3.05, 3.63) is 59.4 Å². The van der Waals surface area contributed by atoms with Crippen molar-refractivity contribution in [2.24, 2.45) is 0 Å². The zero-order chi connectivity index (χ0) is 14.5. The Hall–Kier alpha value is -2.87. The summed E-state index contributed by atoms with van der Waals surface area (Å²) >= 11 is 0. The van der Waals surface area contributed by atoms with Gasteiger partial charge in [-0.05, 0) is 36.4 Å². The van der Waals surface area contributed by atoms with Crippen LogP contribution in [0.4, 0.5) is 10.1 Å². The zero-order valence-electron chi connectivity index (χ0n) is 10.7. The molecule has 0 saturated heterocycles. The lowest BCUT2D eigenvalue weighted by atomic mass is 10.1. The molecule has 0 unspecified atom stereocenters. The van der Waals surface area contributed by atoms with Gasteiger partial charge in [0.1, 0.15) is 11.6 Å². The summed E-state index contributed by atoms with van der Waals surface area (Å²) in [5.41, 5.74) is 0.901. The smallest absolute Gasteiger partial charge is 0.258 e. The second kappa shape index (κ2) is 5.85. The highest BCUT2D eigenvalue weighted by Crippen LogP contribution is 2.18. The minimum absolute atomic E-state index is 0.0739. The number of benzene rings is 2. The molecule has 4 nitrogen and oxygen atoms in total. The number of carbonyl (C=O) groups is 1. The highest BCUT2D eigenvalue weighted by molar-refractivity contribution is 6.04. The number of nitriles is 1. The van der Waals surface area contributed by atoms with Crippen molar-refractivity contribution in [1.29, 1.82) is 5.26 Å². The summed E-state index contributed by atoms with van der Waals surface area (Å²) in [6, 6.07) is 12.3. The van der Waals surface area contributed by atoms with E-state index in [1.165, 1.54) is 19.2 Å². The van der Waals surface area contributed by atoms with Gasteiger partial charge in [0.15, 0.2) is 0 Å². The number of nitrogens with one attached hydrogen (secondary N) is 1. The first-order chi connectivity index (χ1) is 9.63. The molecule has 0 spiro atoms. The summed E-state index contributed by atoms with van der Waals surface area (Å²) in [4.78, 5) is 11.9. The van der Waals surface area contributed by atoms with E-state index in [-0.39, 0.29) is 5.56 Å². The number of halogens is 1. The number of methoxy groups -OCH3 is 1. The Labute approximate surface area is 115 Å². The third-order valence-electron chi connectivity index (χ3n) is 2.69. The Morgan fingerprint density at radius 2 is 1.95 bits per heavy atom. The van der Waals surface area contributed by atoms with Crippen LogP contribution in [-0.2, 0) is 0 Å². The van der Waals surface area contributed by atoms with E-state index < -0.39 is 11.7 Å². The fourth-order valence-corrected chi connectivity index (χ4v) is 1.63. The summed E-state index contributed by atoms with van der Waals surface area (Å²) in [6.45, 7) is 0. The van der Waals surface area contributed by atoms with Gasteiger partial charge in [-0.3, -0.25) is 4.79 Å². The molecule has 2 aromatic rings. The van der Waals surface area contributed by atoms with Crippen LogP contribution in [0.1, 0.15) is 15.9 Å². The van der Waals surface area contributed by atoms with Gasteiger partial charge in [0.25, 0.3) is 5.91 Å². The Morgan fingerprint density at radius 3 is 2.50 bits per heavy atom. The van der Waals surface area contributed by atoms with E-state index in [1.54, 1.807) is 24.3 Å². The minimum atomic E-state index is -0.657. The van der Waals surface area contributed by atoms with E-state index in [0.29, 0.717) is 17.0 Å². The number of anilines is 1. The van der Waals surface area contributed by atoms with Gasteiger partial charge in [-0.1, -0.05) is 0 Å². The zero-order valence-corrected chi connectivity index (χ0v) is 10.7. The first kappa shape index (κ1) is 13.6. The largest absolute Gasteiger partial charge is 0.497 e. The third kappa shape index (κ3) is 2.93. The molecule has 0 bridgehead atoms. The number of carbonyl (C=O) groups excluding carboxylic acids is 1. The van der Waals surface area contributed by atoms with Crippen LogP contribution in [0.3, 0.4) is 0 Å². The van der Waals surface area contributed by atoms with Crippen LogP contribution >= 0.6 is 0 Å². The van der Waals surface area contributed by atoms with E-state index >= 15 is 0 Å². The molecule has 0 fully saturated rings. The summed E-state index contributed by atoms with van der Waals surface area (Å²) < 4.78 is 18.6. The summed E-state index contributed by atoms with van der Waals surface area (Å²) in [5.74, 6) is -0.872. The minimum Gasteiger partial charge on any atom is -0.497 e. The monoisotopic (exact) mass is 270 g/mol. The molecule has 0 aromatic heterocycles. The van der Waals surface area contributed by atoms with E-state index in [0.717, 1.165) is 6.07 Å². The van der Waals surface area contributed by atoms with Crippen LogP contribution in [0, 0.1) is 17.1 Å². The van der Waals surface area contributed by atoms with Gasteiger partial charge in [-0.15, -0.1) is 0 Å². The molecule has 100 valence electrons. The van der Waals surface area contributed by atoms with Crippen molar-refractivity contribution < 1.29 is 13.9 Å². The lowest BCUT2D eigenvalue weighted by molar-refractivity contribution is 0.102. The van der Waals surface area contributed by atoms with Crippen molar-refractivity contribution in [3.8, 4) is 11.8 Å². The molecule has 0 atom stereocenters. The molecule has 0 aliphatic rings. The van der Waals surface area contributed by atoms with Gasteiger partial charge >= 0.3 is 0 Å². The standard InChI is InChI=1S/C15H11FN2O2/c1-20-12-6-7-13(14(16)8-12)15(19)18-11-4-2-10(9-17)3-5-11/h2-8H,1H3,(H,18,19). The molecule has 0 radical (unpaired) electrons. The summed E-state index contributed by atoms with van der Waals surface area (Å²) in [7, 11) is 1.42. The molecule has 20 heavy (non-hydrogen) atoms. The normalized spacial score (nSPS) is 9.65. The molecule has 0 heterocycles. The quantitative estimate of drug-likeness (QED) is 0.932. The third-order valence-corrected chi connectivity index (χ3v) is 2.69. The summed E-state index contributed by atoms with van der Waals surface area (Å²) in [5, 5.41) is 11.2. The fraction of sp³-hybridized carbons (Fsp3) is 0.0667. The van der Waals surface area contributed by atoms with E-state index in [4.69, 9.17) is 10.00 Å². The van der Waals surface area contributed by atoms with Gasteiger partial charge in [-0.2, -0.15) is 5.26 Å². The van der Waals surface area contributed by atoms with Gasteiger partial charge in [-0.25, -0.2) is 4.39 Å². The Morgan fingerprint density at radius 1 is 1.25 bits per heavy atom. The second-order valence-corrected chi connectivity index (χ2v) is 3.99. The Balaban J connectivity index is 2.17. The molecule has 0 aliphatic heterocycles. The van der Waals surface area contributed by atoms with Gasteiger partial charge < -0.3 is 10.1 Å². The van der Waals surface area contributed by atoms with Crippen LogP contribution in [0.15, 0.2) is 42.5 Å². The van der Waals surface area contributed by atoms with Gasteiger partial charge in [0.2, 0.25) is 0 Å². The number of amides is 1. The SMILES string of the molecule is COc1ccc(C(=O)Nc2ccc(C#N)cc2)c(F)c1. The number of hydrogen-bond acceptors (Lipinski definition) is 3. The lowest BCUT2D eigenvalue weighted by Crippen LogP contribution is -2.13. The fourth-order valence-electron chi connectivity index (χ4n) is 1.63. The second-order valence-electron chi connectivity index (χ2n) is 3.99. The maximum absolute atomic E-state index is 13.7. The van der Waals surface area contributed by atoms with E-state index in [2.05, 4.69) is 5.32 Å². The van der Waals surface area contributed by atoms with Crippen LogP contribution in [0.25, 0.3) is 0 Å². The molecular formula is C15H11FN2O2. The van der Waals surface area contributed by atoms with Crippen molar-refractivity contribution in [2.75, 3.05) is 12.4 Å². The predicted molar refractivity (Wildman–Crippen MR) is 72.1 cm³/mol. The topological polar surface area (TPSA) is 62.1 Å². The molecule has 2 aromatic carbocycles. The Kier molecular flexibility index (Phi) is 3.96. The number of ether oxygens (including phenoxy) is 1. The van der Waals surface area contributed by atoms with Crippen LogP contribution in [0.5, 0.6) is 5.75 Å². The maximum atomic E-state index is 13.7. The number of nitrogens with zero attached hydrogens (tertiary/aromatic N) is 1. The molecule has 1 amide bonds. The van der Waals surface area contributed by atoms with Gasteiger partial charge in [0.05, 0.1) is 24.3 Å². The first-order valence-corrected chi connectivity index (χ1v) is 5.79.